The number of hydrogen-bond acceptors (Lipinski definition) is 1. The fourth-order valence-electron chi connectivity index (χ4n) is 2.57. The van der Waals surface area contributed by atoms with Crippen LogP contribution in [0.3, 0.4) is 0 Å². The Morgan fingerprint density at radius 3 is 2.50 bits per heavy atom. The average Bonchev–Trinajstić information content (AvgIpc) is 2.30. The van der Waals surface area contributed by atoms with Crippen molar-refractivity contribution in [1.82, 2.24) is 0 Å². The smallest absolute Gasteiger partial charge is 0.0266 e. The van der Waals surface area contributed by atoms with E-state index < -0.39 is 0 Å². The molecule has 0 aromatic heterocycles. The van der Waals surface area contributed by atoms with Crippen molar-refractivity contribution in [3.05, 3.63) is 33.8 Å². The van der Waals surface area contributed by atoms with Gasteiger partial charge in [-0.1, -0.05) is 47.3 Å². The molecular formula is C14H20BrN. The maximum absolute atomic E-state index is 5.89. The zero-order valence-electron chi connectivity index (χ0n) is 9.88. The standard InChI is InChI=1S/C14H20BrN/c1-10(16)12-7-8-13(14(15)9-12)11-5-3-2-4-6-11/h7-11H,2-6,16H2,1H3. The largest absolute Gasteiger partial charge is 0.324 e. The molecule has 1 fully saturated rings. The summed E-state index contributed by atoms with van der Waals surface area (Å²) >= 11 is 3.70. The zero-order valence-corrected chi connectivity index (χ0v) is 11.5. The minimum atomic E-state index is 0.122. The van der Waals surface area contributed by atoms with E-state index in [1.54, 1.807) is 0 Å². The molecule has 0 bridgehead atoms. The van der Waals surface area contributed by atoms with Gasteiger partial charge in [-0.05, 0) is 42.9 Å². The van der Waals surface area contributed by atoms with Gasteiger partial charge in [0.1, 0.15) is 0 Å². The second kappa shape index (κ2) is 5.33. The highest BCUT2D eigenvalue weighted by molar-refractivity contribution is 9.10. The molecule has 2 heteroatoms. The van der Waals surface area contributed by atoms with Crippen molar-refractivity contribution in [1.29, 1.82) is 0 Å². The first-order valence-corrected chi connectivity index (χ1v) is 7.02. The summed E-state index contributed by atoms with van der Waals surface area (Å²) in [5, 5.41) is 0. The first-order chi connectivity index (χ1) is 7.68. The van der Waals surface area contributed by atoms with Crippen LogP contribution in [0.1, 0.15) is 62.1 Å². The fourth-order valence-corrected chi connectivity index (χ4v) is 3.29. The maximum Gasteiger partial charge on any atom is 0.0266 e. The normalized spacial score (nSPS) is 19.7. The van der Waals surface area contributed by atoms with Crippen LogP contribution in [0.25, 0.3) is 0 Å². The number of nitrogens with two attached hydrogens (primary N) is 1. The van der Waals surface area contributed by atoms with Crippen LogP contribution in [0.2, 0.25) is 0 Å². The van der Waals surface area contributed by atoms with Crippen molar-refractivity contribution >= 4 is 15.9 Å². The maximum atomic E-state index is 5.89. The lowest BCUT2D eigenvalue weighted by molar-refractivity contribution is 0.442. The van der Waals surface area contributed by atoms with Crippen molar-refractivity contribution in [2.75, 3.05) is 0 Å². The lowest BCUT2D eigenvalue weighted by atomic mass is 9.84. The minimum Gasteiger partial charge on any atom is -0.324 e. The highest BCUT2D eigenvalue weighted by Gasteiger charge is 2.18. The molecular weight excluding hydrogens is 262 g/mol. The summed E-state index contributed by atoms with van der Waals surface area (Å²) in [6.07, 6.45) is 6.86. The Morgan fingerprint density at radius 2 is 1.94 bits per heavy atom. The molecule has 1 atom stereocenters. The fraction of sp³-hybridized carbons (Fsp3) is 0.571. The van der Waals surface area contributed by atoms with E-state index >= 15 is 0 Å². The van der Waals surface area contributed by atoms with Crippen LogP contribution in [-0.4, -0.2) is 0 Å². The minimum absolute atomic E-state index is 0.122. The molecule has 0 saturated heterocycles. The Hall–Kier alpha value is -0.340. The van der Waals surface area contributed by atoms with Gasteiger partial charge in [0.15, 0.2) is 0 Å². The van der Waals surface area contributed by atoms with Gasteiger partial charge in [-0.15, -0.1) is 0 Å². The lowest BCUT2D eigenvalue weighted by Gasteiger charge is -2.23. The van der Waals surface area contributed by atoms with Gasteiger partial charge in [0.05, 0.1) is 0 Å². The number of rotatable bonds is 2. The van der Waals surface area contributed by atoms with E-state index in [0.717, 1.165) is 5.92 Å². The summed E-state index contributed by atoms with van der Waals surface area (Å²) < 4.78 is 1.24. The summed E-state index contributed by atoms with van der Waals surface area (Å²) in [6, 6.07) is 6.75. The van der Waals surface area contributed by atoms with Gasteiger partial charge in [0.25, 0.3) is 0 Å². The van der Waals surface area contributed by atoms with E-state index in [1.165, 1.54) is 47.7 Å². The third kappa shape index (κ3) is 2.67. The average molecular weight is 282 g/mol. The molecule has 0 amide bonds. The Morgan fingerprint density at radius 1 is 1.25 bits per heavy atom. The predicted octanol–water partition coefficient (Wildman–Crippen LogP) is 4.52. The Labute approximate surface area is 107 Å². The monoisotopic (exact) mass is 281 g/mol. The van der Waals surface area contributed by atoms with Crippen molar-refractivity contribution in [3.8, 4) is 0 Å². The lowest BCUT2D eigenvalue weighted by Crippen LogP contribution is -2.08. The summed E-state index contributed by atoms with van der Waals surface area (Å²) in [5.74, 6) is 0.755. The Kier molecular flexibility index (Phi) is 4.04. The third-order valence-electron chi connectivity index (χ3n) is 3.60. The van der Waals surface area contributed by atoms with E-state index in [1.807, 2.05) is 6.92 Å². The molecule has 0 aliphatic heterocycles. The Bertz CT molecular complexity index is 354. The van der Waals surface area contributed by atoms with Crippen molar-refractivity contribution in [2.45, 2.75) is 51.0 Å². The molecule has 1 aromatic rings. The van der Waals surface area contributed by atoms with Crippen LogP contribution < -0.4 is 5.73 Å². The van der Waals surface area contributed by atoms with E-state index in [4.69, 9.17) is 5.73 Å². The molecule has 1 aliphatic rings. The molecule has 0 heterocycles. The predicted molar refractivity (Wildman–Crippen MR) is 72.6 cm³/mol. The van der Waals surface area contributed by atoms with Crippen molar-refractivity contribution in [3.63, 3.8) is 0 Å². The molecule has 0 spiro atoms. The quantitative estimate of drug-likeness (QED) is 0.848. The molecule has 16 heavy (non-hydrogen) atoms. The van der Waals surface area contributed by atoms with Gasteiger partial charge in [0.2, 0.25) is 0 Å². The molecule has 1 aliphatic carbocycles. The van der Waals surface area contributed by atoms with Gasteiger partial charge in [0, 0.05) is 10.5 Å². The van der Waals surface area contributed by atoms with Crippen LogP contribution in [0.15, 0.2) is 22.7 Å². The van der Waals surface area contributed by atoms with Gasteiger partial charge in [-0.2, -0.15) is 0 Å². The second-order valence-electron chi connectivity index (χ2n) is 4.90. The molecule has 1 unspecified atom stereocenters. The van der Waals surface area contributed by atoms with Crippen LogP contribution in [-0.2, 0) is 0 Å². The molecule has 1 nitrogen and oxygen atoms in total. The molecule has 2 N–H and O–H groups in total. The van der Waals surface area contributed by atoms with E-state index in [-0.39, 0.29) is 6.04 Å². The zero-order chi connectivity index (χ0) is 11.5. The van der Waals surface area contributed by atoms with Crippen LogP contribution in [0, 0.1) is 0 Å². The number of halogens is 1. The summed E-state index contributed by atoms with van der Waals surface area (Å²) in [7, 11) is 0. The van der Waals surface area contributed by atoms with Gasteiger partial charge in [-0.3, -0.25) is 0 Å². The van der Waals surface area contributed by atoms with E-state index in [2.05, 4.69) is 34.1 Å². The molecule has 1 aromatic carbocycles. The van der Waals surface area contributed by atoms with Crippen LogP contribution >= 0.6 is 15.9 Å². The molecule has 88 valence electrons. The van der Waals surface area contributed by atoms with Crippen LogP contribution in [0.4, 0.5) is 0 Å². The van der Waals surface area contributed by atoms with Crippen molar-refractivity contribution < 1.29 is 0 Å². The van der Waals surface area contributed by atoms with Crippen molar-refractivity contribution in [2.24, 2.45) is 5.73 Å². The molecule has 0 radical (unpaired) electrons. The number of hydrogen-bond donors (Lipinski definition) is 1. The first-order valence-electron chi connectivity index (χ1n) is 6.23. The Balaban J connectivity index is 2.21. The highest BCUT2D eigenvalue weighted by atomic mass is 79.9. The second-order valence-corrected chi connectivity index (χ2v) is 5.76. The van der Waals surface area contributed by atoms with E-state index in [0.29, 0.717) is 0 Å². The highest BCUT2D eigenvalue weighted by Crippen LogP contribution is 2.37. The summed E-state index contributed by atoms with van der Waals surface area (Å²) in [6.45, 7) is 2.03. The summed E-state index contributed by atoms with van der Waals surface area (Å²) in [4.78, 5) is 0. The number of benzene rings is 1. The van der Waals surface area contributed by atoms with Gasteiger partial charge < -0.3 is 5.73 Å². The third-order valence-corrected chi connectivity index (χ3v) is 4.28. The van der Waals surface area contributed by atoms with E-state index in [9.17, 15) is 0 Å². The SMILES string of the molecule is CC(N)c1ccc(C2CCCCC2)c(Br)c1. The molecule has 1 saturated carbocycles. The molecule has 2 rings (SSSR count). The first kappa shape index (κ1) is 12.1. The topological polar surface area (TPSA) is 26.0 Å². The summed E-state index contributed by atoms with van der Waals surface area (Å²) in [5.41, 5.74) is 8.58. The van der Waals surface area contributed by atoms with Gasteiger partial charge >= 0.3 is 0 Å². The van der Waals surface area contributed by atoms with Gasteiger partial charge in [-0.25, -0.2) is 0 Å². The van der Waals surface area contributed by atoms with Crippen LogP contribution in [0.5, 0.6) is 0 Å².